The Labute approximate surface area is 174 Å². The van der Waals surface area contributed by atoms with Crippen LogP contribution in [0, 0.1) is 31.5 Å². The number of nitrogens with one attached hydrogen (secondary N) is 1. The summed E-state index contributed by atoms with van der Waals surface area (Å²) in [5.41, 5.74) is 3.73. The lowest BCUT2D eigenvalue weighted by Crippen LogP contribution is -2.35. The van der Waals surface area contributed by atoms with Crippen LogP contribution in [-0.4, -0.2) is 45.0 Å². The Bertz CT molecular complexity index is 1080. The van der Waals surface area contributed by atoms with Gasteiger partial charge < -0.3 is 10.2 Å². The molecule has 2 saturated heterocycles. The van der Waals surface area contributed by atoms with Crippen molar-refractivity contribution in [2.75, 3.05) is 19.6 Å². The molecule has 152 valence electrons. The van der Waals surface area contributed by atoms with Gasteiger partial charge in [0.25, 0.3) is 5.91 Å². The maximum atomic E-state index is 13.9. The van der Waals surface area contributed by atoms with Crippen molar-refractivity contribution < 1.29 is 9.18 Å². The zero-order valence-corrected chi connectivity index (χ0v) is 17.1. The smallest absolute Gasteiger partial charge is 0.274 e. The van der Waals surface area contributed by atoms with Crippen LogP contribution >= 0.6 is 12.4 Å². The first-order chi connectivity index (χ1) is 13.5. The number of aryl methyl sites for hydroxylation is 2. The molecule has 0 aliphatic carbocycles. The molecule has 29 heavy (non-hydrogen) atoms. The summed E-state index contributed by atoms with van der Waals surface area (Å²) in [6, 6.07) is 10.1. The van der Waals surface area contributed by atoms with Crippen molar-refractivity contribution in [1.29, 1.82) is 0 Å². The molecule has 0 saturated carbocycles. The molecule has 2 fully saturated rings. The summed E-state index contributed by atoms with van der Waals surface area (Å²) in [4.78, 5) is 19.8. The van der Waals surface area contributed by atoms with Gasteiger partial charge in [0.1, 0.15) is 5.82 Å². The van der Waals surface area contributed by atoms with Crippen LogP contribution in [0.1, 0.15) is 33.5 Å². The van der Waals surface area contributed by atoms with E-state index in [0.29, 0.717) is 23.8 Å². The van der Waals surface area contributed by atoms with Gasteiger partial charge in [0.05, 0.1) is 6.04 Å². The highest BCUT2D eigenvalue weighted by atomic mass is 35.5. The van der Waals surface area contributed by atoms with E-state index >= 15 is 0 Å². The van der Waals surface area contributed by atoms with Crippen molar-refractivity contribution in [2.24, 2.45) is 11.8 Å². The Balaban J connectivity index is 0.00000205. The molecule has 0 unspecified atom stereocenters. The molecule has 1 amide bonds. The monoisotopic (exact) mass is 415 g/mol. The standard InChI is InChI=1S/C21H22FN5O.ClH/c1-12-6-13(2)27-19(24-12)8-18(25-27)21(28)26-11-15-9-23-10-17(15)20(26)14-4-3-5-16(22)7-14;/h3-8,15,17,20,23H,9-11H2,1-2H3;1H/t15-,17-,20-;/m0./s1. The highest BCUT2D eigenvalue weighted by Gasteiger charge is 2.47. The molecule has 5 rings (SSSR count). The average molecular weight is 416 g/mol. The molecule has 2 aliphatic rings. The number of likely N-dealkylation sites (tertiary alicyclic amines) is 1. The van der Waals surface area contributed by atoms with Gasteiger partial charge in [-0.2, -0.15) is 5.10 Å². The normalized spacial score (nSPS) is 23.3. The van der Waals surface area contributed by atoms with Crippen LogP contribution in [0.4, 0.5) is 4.39 Å². The van der Waals surface area contributed by atoms with Crippen LogP contribution in [0.2, 0.25) is 0 Å². The number of hydrogen-bond acceptors (Lipinski definition) is 4. The van der Waals surface area contributed by atoms with E-state index in [0.717, 1.165) is 30.0 Å². The number of fused-ring (bicyclic) bond motifs is 2. The first kappa shape index (κ1) is 19.8. The summed E-state index contributed by atoms with van der Waals surface area (Å²) in [7, 11) is 0. The first-order valence-corrected chi connectivity index (χ1v) is 9.62. The number of nitrogens with zero attached hydrogens (tertiary/aromatic N) is 4. The number of carbonyl (C=O) groups is 1. The van der Waals surface area contributed by atoms with Gasteiger partial charge in [-0.15, -0.1) is 12.4 Å². The van der Waals surface area contributed by atoms with Crippen molar-refractivity contribution in [3.05, 3.63) is 64.9 Å². The van der Waals surface area contributed by atoms with Crippen molar-refractivity contribution >= 4 is 24.0 Å². The van der Waals surface area contributed by atoms with Crippen molar-refractivity contribution in [3.63, 3.8) is 0 Å². The van der Waals surface area contributed by atoms with Gasteiger partial charge in [-0.3, -0.25) is 4.79 Å². The second kappa shape index (κ2) is 7.39. The maximum absolute atomic E-state index is 13.9. The quantitative estimate of drug-likeness (QED) is 0.699. The molecule has 2 aliphatic heterocycles. The third-order valence-electron chi connectivity index (χ3n) is 5.97. The fraction of sp³-hybridized carbons (Fsp3) is 0.381. The molecule has 0 radical (unpaired) electrons. The molecule has 2 aromatic heterocycles. The summed E-state index contributed by atoms with van der Waals surface area (Å²) in [6.45, 7) is 6.24. The summed E-state index contributed by atoms with van der Waals surface area (Å²) in [6.07, 6.45) is 0. The minimum absolute atomic E-state index is 0. The lowest BCUT2D eigenvalue weighted by atomic mass is 9.89. The maximum Gasteiger partial charge on any atom is 0.274 e. The lowest BCUT2D eigenvalue weighted by Gasteiger charge is -2.28. The van der Waals surface area contributed by atoms with Gasteiger partial charge in [-0.1, -0.05) is 12.1 Å². The summed E-state index contributed by atoms with van der Waals surface area (Å²) in [5.74, 6) is 0.259. The molecule has 1 N–H and O–H groups in total. The van der Waals surface area contributed by atoms with Gasteiger partial charge in [0, 0.05) is 43.0 Å². The number of hydrogen-bond donors (Lipinski definition) is 1. The third-order valence-corrected chi connectivity index (χ3v) is 5.97. The van der Waals surface area contributed by atoms with E-state index in [2.05, 4.69) is 15.4 Å². The van der Waals surface area contributed by atoms with Crippen LogP contribution in [0.3, 0.4) is 0 Å². The zero-order valence-electron chi connectivity index (χ0n) is 16.3. The zero-order chi connectivity index (χ0) is 19.4. The van der Waals surface area contributed by atoms with E-state index in [9.17, 15) is 9.18 Å². The SMILES string of the molecule is Cc1cc(C)n2nc(C(=O)N3C[C@@H]4CNC[C@@H]4[C@@H]3c3cccc(F)c3)cc2n1.Cl. The van der Waals surface area contributed by atoms with E-state index in [1.165, 1.54) is 6.07 Å². The van der Waals surface area contributed by atoms with Gasteiger partial charge in [0.15, 0.2) is 11.3 Å². The molecule has 1 aromatic carbocycles. The summed E-state index contributed by atoms with van der Waals surface area (Å²) >= 11 is 0. The van der Waals surface area contributed by atoms with Crippen molar-refractivity contribution in [3.8, 4) is 0 Å². The van der Waals surface area contributed by atoms with Gasteiger partial charge in [-0.05, 0) is 43.5 Å². The predicted molar refractivity (Wildman–Crippen MR) is 110 cm³/mol. The van der Waals surface area contributed by atoms with Crippen LogP contribution in [0.15, 0.2) is 36.4 Å². The number of halogens is 2. The molecule has 6 nitrogen and oxygen atoms in total. The summed E-state index contributed by atoms with van der Waals surface area (Å²) in [5, 5.41) is 7.92. The molecule has 3 atom stereocenters. The summed E-state index contributed by atoms with van der Waals surface area (Å²) < 4.78 is 15.6. The Kier molecular flexibility index (Phi) is 5.04. The van der Waals surface area contributed by atoms with Gasteiger partial charge in [-0.25, -0.2) is 13.9 Å². The van der Waals surface area contributed by atoms with Gasteiger partial charge in [0.2, 0.25) is 0 Å². The highest BCUT2D eigenvalue weighted by Crippen LogP contribution is 2.43. The Morgan fingerprint density at radius 2 is 2.03 bits per heavy atom. The fourth-order valence-corrected chi connectivity index (χ4v) is 4.79. The molecule has 3 aromatic rings. The van der Waals surface area contributed by atoms with Crippen LogP contribution in [0.25, 0.3) is 5.65 Å². The number of rotatable bonds is 2. The molecular weight excluding hydrogens is 393 g/mol. The molecule has 8 heteroatoms. The third kappa shape index (κ3) is 3.28. The fourth-order valence-electron chi connectivity index (χ4n) is 4.79. The number of aromatic nitrogens is 3. The highest BCUT2D eigenvalue weighted by molar-refractivity contribution is 5.94. The Hall–Kier alpha value is -2.51. The molecule has 0 bridgehead atoms. The Morgan fingerprint density at radius 3 is 2.83 bits per heavy atom. The largest absolute Gasteiger partial charge is 0.330 e. The van der Waals surface area contributed by atoms with Crippen LogP contribution in [0.5, 0.6) is 0 Å². The van der Waals surface area contributed by atoms with E-state index in [1.807, 2.05) is 30.9 Å². The van der Waals surface area contributed by atoms with Crippen LogP contribution in [-0.2, 0) is 0 Å². The second-order valence-electron chi connectivity index (χ2n) is 7.88. The number of benzene rings is 1. The van der Waals surface area contributed by atoms with Crippen molar-refractivity contribution in [2.45, 2.75) is 19.9 Å². The average Bonchev–Trinajstić information content (AvgIpc) is 3.34. The minimum atomic E-state index is -0.276. The topological polar surface area (TPSA) is 62.5 Å². The minimum Gasteiger partial charge on any atom is -0.330 e. The van der Waals surface area contributed by atoms with E-state index in [1.54, 1.807) is 22.7 Å². The van der Waals surface area contributed by atoms with E-state index in [-0.39, 0.29) is 36.1 Å². The first-order valence-electron chi connectivity index (χ1n) is 9.62. The molecular formula is C21H23ClFN5O. The van der Waals surface area contributed by atoms with E-state index < -0.39 is 0 Å². The van der Waals surface area contributed by atoms with Crippen LogP contribution < -0.4 is 5.32 Å². The number of amides is 1. The Morgan fingerprint density at radius 1 is 1.21 bits per heavy atom. The lowest BCUT2D eigenvalue weighted by molar-refractivity contribution is 0.0707. The van der Waals surface area contributed by atoms with E-state index in [4.69, 9.17) is 0 Å². The molecule has 0 spiro atoms. The number of carbonyl (C=O) groups excluding carboxylic acids is 1. The predicted octanol–water partition coefficient (Wildman–Crippen LogP) is 2.94. The second-order valence-corrected chi connectivity index (χ2v) is 7.88. The molecule has 4 heterocycles. The van der Waals surface area contributed by atoms with Gasteiger partial charge >= 0.3 is 0 Å². The van der Waals surface area contributed by atoms with Crippen molar-refractivity contribution in [1.82, 2.24) is 24.8 Å².